The van der Waals surface area contributed by atoms with Crippen LogP contribution in [0.1, 0.15) is 58.3 Å². The van der Waals surface area contributed by atoms with Gasteiger partial charge in [0, 0.05) is 18.6 Å². The molecular formula is C16H29N3O. The summed E-state index contributed by atoms with van der Waals surface area (Å²) < 4.78 is 0. The second kappa shape index (κ2) is 5.64. The largest absolute Gasteiger partial charge is 0.368 e. The van der Waals surface area contributed by atoms with Gasteiger partial charge >= 0.3 is 0 Å². The molecule has 114 valence electrons. The minimum absolute atomic E-state index is 0.191. The van der Waals surface area contributed by atoms with E-state index in [4.69, 9.17) is 5.73 Å². The first-order chi connectivity index (χ1) is 9.58. The molecule has 0 radical (unpaired) electrons. The van der Waals surface area contributed by atoms with Gasteiger partial charge in [-0.05, 0) is 57.9 Å². The second-order valence-electron chi connectivity index (χ2n) is 7.30. The van der Waals surface area contributed by atoms with Crippen LogP contribution in [0, 0.1) is 5.92 Å². The number of nitrogens with one attached hydrogen (secondary N) is 1. The van der Waals surface area contributed by atoms with Crippen LogP contribution in [0.15, 0.2) is 0 Å². The molecule has 1 aliphatic heterocycles. The number of carbonyl (C=O) groups excluding carboxylic acids is 1. The van der Waals surface area contributed by atoms with Crippen LogP contribution in [0.2, 0.25) is 0 Å². The molecule has 2 saturated carbocycles. The number of primary amides is 1. The first-order valence-corrected chi connectivity index (χ1v) is 8.40. The van der Waals surface area contributed by atoms with E-state index < -0.39 is 5.54 Å². The number of hydrogen-bond acceptors (Lipinski definition) is 3. The van der Waals surface area contributed by atoms with E-state index in [9.17, 15) is 4.79 Å². The van der Waals surface area contributed by atoms with E-state index in [1.54, 1.807) is 0 Å². The molecule has 4 heteroatoms. The van der Waals surface area contributed by atoms with E-state index >= 15 is 0 Å². The quantitative estimate of drug-likeness (QED) is 0.777. The molecule has 3 unspecified atom stereocenters. The normalized spacial score (nSPS) is 33.6. The maximum atomic E-state index is 11.8. The number of likely N-dealkylation sites (tertiary alicyclic amines) is 1. The van der Waals surface area contributed by atoms with Crippen molar-refractivity contribution in [2.75, 3.05) is 13.1 Å². The van der Waals surface area contributed by atoms with E-state index in [0.29, 0.717) is 6.04 Å². The molecule has 1 saturated heterocycles. The Morgan fingerprint density at radius 1 is 1.25 bits per heavy atom. The van der Waals surface area contributed by atoms with Gasteiger partial charge in [0.2, 0.25) is 5.91 Å². The van der Waals surface area contributed by atoms with Gasteiger partial charge in [-0.25, -0.2) is 0 Å². The third-order valence-corrected chi connectivity index (χ3v) is 5.67. The van der Waals surface area contributed by atoms with Crippen LogP contribution < -0.4 is 11.1 Å². The molecule has 3 N–H and O–H groups in total. The van der Waals surface area contributed by atoms with Gasteiger partial charge in [-0.2, -0.15) is 0 Å². The Morgan fingerprint density at radius 3 is 2.70 bits per heavy atom. The summed E-state index contributed by atoms with van der Waals surface area (Å²) >= 11 is 0. The summed E-state index contributed by atoms with van der Waals surface area (Å²) in [6.45, 7) is 4.22. The van der Waals surface area contributed by atoms with Crippen molar-refractivity contribution in [3.05, 3.63) is 0 Å². The monoisotopic (exact) mass is 279 g/mol. The zero-order chi connectivity index (χ0) is 14.2. The molecular weight excluding hydrogens is 250 g/mol. The van der Waals surface area contributed by atoms with Gasteiger partial charge in [0.15, 0.2) is 0 Å². The lowest BCUT2D eigenvalue weighted by Crippen LogP contribution is -2.55. The molecule has 3 fully saturated rings. The van der Waals surface area contributed by atoms with Crippen LogP contribution in [0.5, 0.6) is 0 Å². The fraction of sp³-hybridized carbons (Fsp3) is 0.938. The van der Waals surface area contributed by atoms with Crippen molar-refractivity contribution in [2.45, 2.75) is 75.9 Å². The van der Waals surface area contributed by atoms with Crippen LogP contribution in [-0.4, -0.2) is 41.5 Å². The summed E-state index contributed by atoms with van der Waals surface area (Å²) in [5.74, 6) is 0.726. The fourth-order valence-corrected chi connectivity index (χ4v) is 4.09. The summed E-state index contributed by atoms with van der Waals surface area (Å²) in [6, 6.07) is 1.30. The van der Waals surface area contributed by atoms with Gasteiger partial charge in [-0.1, -0.05) is 12.8 Å². The first kappa shape index (κ1) is 14.3. The fourth-order valence-electron chi connectivity index (χ4n) is 4.09. The average molecular weight is 279 g/mol. The average Bonchev–Trinajstić information content (AvgIpc) is 3.14. The van der Waals surface area contributed by atoms with Crippen molar-refractivity contribution in [1.82, 2.24) is 10.2 Å². The minimum atomic E-state index is -0.520. The van der Waals surface area contributed by atoms with Crippen molar-refractivity contribution >= 4 is 5.91 Å². The van der Waals surface area contributed by atoms with Crippen molar-refractivity contribution in [3.63, 3.8) is 0 Å². The number of carbonyl (C=O) groups is 1. The molecule has 2 aliphatic carbocycles. The SMILES string of the molecule is CC(CCN1CCC2CCCCC21)(NC1CC1)C(N)=O. The summed E-state index contributed by atoms with van der Waals surface area (Å²) in [5.41, 5.74) is 5.12. The van der Waals surface area contributed by atoms with Gasteiger partial charge < -0.3 is 16.0 Å². The van der Waals surface area contributed by atoms with Gasteiger partial charge in [0.1, 0.15) is 0 Å². The summed E-state index contributed by atoms with van der Waals surface area (Å²) in [4.78, 5) is 14.4. The first-order valence-electron chi connectivity index (χ1n) is 8.40. The van der Waals surface area contributed by atoms with Crippen LogP contribution in [0.3, 0.4) is 0 Å². The summed E-state index contributed by atoms with van der Waals surface area (Å²) in [5, 5.41) is 3.46. The molecule has 20 heavy (non-hydrogen) atoms. The number of nitrogens with two attached hydrogens (primary N) is 1. The predicted molar refractivity (Wildman–Crippen MR) is 80.3 cm³/mol. The zero-order valence-electron chi connectivity index (χ0n) is 12.7. The number of rotatable bonds is 6. The topological polar surface area (TPSA) is 58.4 Å². The Bertz CT molecular complexity index is 369. The number of nitrogens with zero attached hydrogens (tertiary/aromatic N) is 1. The van der Waals surface area contributed by atoms with Crippen LogP contribution in [0.4, 0.5) is 0 Å². The second-order valence-corrected chi connectivity index (χ2v) is 7.30. The minimum Gasteiger partial charge on any atom is -0.368 e. The lowest BCUT2D eigenvalue weighted by Gasteiger charge is -2.35. The molecule has 4 nitrogen and oxygen atoms in total. The standard InChI is InChI=1S/C16H29N3O/c1-16(15(17)20,18-13-6-7-13)9-11-19-10-8-12-4-2-3-5-14(12)19/h12-14,18H,2-11H2,1H3,(H2,17,20). The number of amides is 1. The molecule has 1 amide bonds. The summed E-state index contributed by atoms with van der Waals surface area (Å²) in [6.07, 6.45) is 10.1. The Labute approximate surface area is 122 Å². The van der Waals surface area contributed by atoms with Crippen molar-refractivity contribution in [2.24, 2.45) is 11.7 Å². The molecule has 0 aromatic heterocycles. The third-order valence-electron chi connectivity index (χ3n) is 5.67. The number of fused-ring (bicyclic) bond motifs is 1. The Hall–Kier alpha value is -0.610. The Balaban J connectivity index is 1.55. The van der Waals surface area contributed by atoms with Gasteiger partial charge in [0.25, 0.3) is 0 Å². The third kappa shape index (κ3) is 3.01. The Kier molecular flexibility index (Phi) is 4.04. The molecule has 3 atom stereocenters. The highest BCUT2D eigenvalue weighted by molar-refractivity contribution is 5.84. The van der Waals surface area contributed by atoms with E-state index in [-0.39, 0.29) is 5.91 Å². The lowest BCUT2D eigenvalue weighted by atomic mass is 9.85. The van der Waals surface area contributed by atoms with E-state index in [1.165, 1.54) is 51.5 Å². The molecule has 0 bridgehead atoms. The maximum Gasteiger partial charge on any atom is 0.237 e. The lowest BCUT2D eigenvalue weighted by molar-refractivity contribution is -0.124. The van der Waals surface area contributed by atoms with Gasteiger partial charge in [-0.3, -0.25) is 4.79 Å². The smallest absolute Gasteiger partial charge is 0.237 e. The van der Waals surface area contributed by atoms with E-state index in [2.05, 4.69) is 10.2 Å². The van der Waals surface area contributed by atoms with Crippen molar-refractivity contribution in [3.8, 4) is 0 Å². The molecule has 3 aliphatic rings. The van der Waals surface area contributed by atoms with Crippen LogP contribution in [0.25, 0.3) is 0 Å². The zero-order valence-corrected chi connectivity index (χ0v) is 12.7. The molecule has 1 heterocycles. The van der Waals surface area contributed by atoms with Crippen molar-refractivity contribution < 1.29 is 4.79 Å². The summed E-state index contributed by atoms with van der Waals surface area (Å²) in [7, 11) is 0. The highest BCUT2D eigenvalue weighted by atomic mass is 16.1. The molecule has 0 aromatic rings. The van der Waals surface area contributed by atoms with Crippen molar-refractivity contribution in [1.29, 1.82) is 0 Å². The molecule has 3 rings (SSSR count). The predicted octanol–water partition coefficient (Wildman–Crippen LogP) is 1.64. The van der Waals surface area contributed by atoms with Gasteiger partial charge in [0.05, 0.1) is 5.54 Å². The Morgan fingerprint density at radius 2 is 2.00 bits per heavy atom. The number of hydrogen-bond donors (Lipinski definition) is 2. The highest BCUT2D eigenvalue weighted by Gasteiger charge is 2.40. The van der Waals surface area contributed by atoms with E-state index in [0.717, 1.165) is 24.9 Å². The highest BCUT2D eigenvalue weighted by Crippen LogP contribution is 2.36. The maximum absolute atomic E-state index is 11.8. The van der Waals surface area contributed by atoms with E-state index in [1.807, 2.05) is 6.92 Å². The molecule has 0 aromatic carbocycles. The van der Waals surface area contributed by atoms with Gasteiger partial charge in [-0.15, -0.1) is 0 Å². The van der Waals surface area contributed by atoms with Crippen LogP contribution >= 0.6 is 0 Å². The van der Waals surface area contributed by atoms with Crippen LogP contribution in [-0.2, 0) is 4.79 Å². The molecule has 0 spiro atoms.